The predicted octanol–water partition coefficient (Wildman–Crippen LogP) is 4.53. The molecule has 8 heteroatoms. The van der Waals surface area contributed by atoms with Gasteiger partial charge in [0.05, 0.1) is 5.92 Å². The molecule has 2 aliphatic rings. The predicted molar refractivity (Wildman–Crippen MR) is 103 cm³/mol. The molecule has 3 rings (SSSR count). The Labute approximate surface area is 168 Å². The minimum Gasteiger partial charge on any atom is -0.483 e. The molecule has 0 bridgehead atoms. The second-order valence-corrected chi connectivity index (χ2v) is 8.16. The summed E-state index contributed by atoms with van der Waals surface area (Å²) in [4.78, 5) is 12.7. The quantitative estimate of drug-likeness (QED) is 0.791. The van der Waals surface area contributed by atoms with Crippen LogP contribution >= 0.6 is 0 Å². The van der Waals surface area contributed by atoms with E-state index in [-0.39, 0.29) is 23.1 Å². The SMILES string of the molecule is Cc1ccc(C(C)C)c(OCC(=O)N2N=C3CCCCC[C@@H]3[C@]2(O)C(F)(F)F)c1. The largest absolute Gasteiger partial charge is 0.483 e. The van der Waals surface area contributed by atoms with Crippen molar-refractivity contribution in [3.05, 3.63) is 29.3 Å². The molecule has 160 valence electrons. The third-order valence-corrected chi connectivity index (χ3v) is 5.66. The number of hydrogen-bond donors (Lipinski definition) is 1. The van der Waals surface area contributed by atoms with Crippen LogP contribution in [0.1, 0.15) is 63.0 Å². The van der Waals surface area contributed by atoms with Crippen LogP contribution in [0.5, 0.6) is 5.75 Å². The second-order valence-electron chi connectivity index (χ2n) is 8.16. The zero-order valence-electron chi connectivity index (χ0n) is 16.9. The van der Waals surface area contributed by atoms with Crippen LogP contribution in [-0.4, -0.2) is 40.2 Å². The van der Waals surface area contributed by atoms with E-state index in [9.17, 15) is 23.1 Å². The molecule has 0 unspecified atom stereocenters. The van der Waals surface area contributed by atoms with E-state index in [2.05, 4.69) is 5.10 Å². The first-order chi connectivity index (χ1) is 13.6. The first kappa shape index (κ1) is 21.6. The van der Waals surface area contributed by atoms with Crippen LogP contribution in [0.2, 0.25) is 0 Å². The molecule has 1 amide bonds. The van der Waals surface area contributed by atoms with Gasteiger partial charge in [0.1, 0.15) is 5.75 Å². The van der Waals surface area contributed by atoms with Crippen molar-refractivity contribution in [3.63, 3.8) is 0 Å². The molecule has 0 saturated heterocycles. The van der Waals surface area contributed by atoms with Gasteiger partial charge in [-0.05, 0) is 49.3 Å². The van der Waals surface area contributed by atoms with Crippen molar-refractivity contribution in [3.8, 4) is 5.75 Å². The summed E-state index contributed by atoms with van der Waals surface area (Å²) in [5, 5.41) is 14.8. The number of benzene rings is 1. The van der Waals surface area contributed by atoms with Gasteiger partial charge in [-0.25, -0.2) is 0 Å². The molecular formula is C21H27F3N2O3. The van der Waals surface area contributed by atoms with Gasteiger partial charge in [0.2, 0.25) is 0 Å². The number of nitrogens with zero attached hydrogens (tertiary/aromatic N) is 2. The van der Waals surface area contributed by atoms with Crippen molar-refractivity contribution in [2.75, 3.05) is 6.61 Å². The number of aryl methyl sites for hydroxylation is 1. The molecule has 1 heterocycles. The van der Waals surface area contributed by atoms with E-state index in [1.54, 1.807) is 6.07 Å². The van der Waals surface area contributed by atoms with Crippen LogP contribution in [0.15, 0.2) is 23.3 Å². The average Bonchev–Trinajstić information content (AvgIpc) is 2.79. The number of halogens is 3. The highest BCUT2D eigenvalue weighted by molar-refractivity contribution is 5.93. The van der Waals surface area contributed by atoms with Gasteiger partial charge in [0.15, 0.2) is 6.61 Å². The van der Waals surface area contributed by atoms with E-state index < -0.39 is 30.3 Å². The Kier molecular flexibility index (Phi) is 5.94. The third kappa shape index (κ3) is 3.99. The van der Waals surface area contributed by atoms with E-state index in [1.807, 2.05) is 32.9 Å². The standard InChI is InChI=1S/C21H27F3N2O3/c1-13(2)15-10-9-14(3)11-18(15)29-12-19(27)26-20(28,21(22,23)24)16-7-5-4-6-8-17(16)25-26/h9-11,13,16,28H,4-8,12H2,1-3H3/t16-,20-/m0/s1. The van der Waals surface area contributed by atoms with Crippen LogP contribution in [0.4, 0.5) is 13.2 Å². The van der Waals surface area contributed by atoms with Gasteiger partial charge >= 0.3 is 6.18 Å². The highest BCUT2D eigenvalue weighted by Crippen LogP contribution is 2.47. The maximum Gasteiger partial charge on any atom is 0.439 e. The van der Waals surface area contributed by atoms with E-state index >= 15 is 0 Å². The molecule has 0 aromatic heterocycles. The molecule has 1 fully saturated rings. The number of aliphatic hydroxyl groups is 1. The summed E-state index contributed by atoms with van der Waals surface area (Å²) in [5.41, 5.74) is -1.31. The smallest absolute Gasteiger partial charge is 0.439 e. The molecule has 1 saturated carbocycles. The molecule has 5 nitrogen and oxygen atoms in total. The van der Waals surface area contributed by atoms with Crippen molar-refractivity contribution in [2.45, 2.75) is 70.7 Å². The number of ether oxygens (including phenoxy) is 1. The zero-order chi connectivity index (χ0) is 21.4. The maximum absolute atomic E-state index is 13.9. The highest BCUT2D eigenvalue weighted by atomic mass is 19.4. The lowest BCUT2D eigenvalue weighted by molar-refractivity contribution is -0.317. The summed E-state index contributed by atoms with van der Waals surface area (Å²) < 4.78 is 47.3. The van der Waals surface area contributed by atoms with Crippen molar-refractivity contribution in [1.29, 1.82) is 0 Å². The Bertz CT molecular complexity index is 807. The molecule has 1 N–H and O–H groups in total. The molecule has 1 aromatic rings. The summed E-state index contributed by atoms with van der Waals surface area (Å²) >= 11 is 0. The molecule has 29 heavy (non-hydrogen) atoms. The Balaban J connectivity index is 1.85. The van der Waals surface area contributed by atoms with Gasteiger partial charge in [-0.15, -0.1) is 0 Å². The van der Waals surface area contributed by atoms with Crippen molar-refractivity contribution in [1.82, 2.24) is 5.01 Å². The lowest BCUT2D eigenvalue weighted by Crippen LogP contribution is -2.61. The van der Waals surface area contributed by atoms with E-state index in [0.29, 0.717) is 25.0 Å². The molecular weight excluding hydrogens is 385 g/mol. The summed E-state index contributed by atoms with van der Waals surface area (Å²) in [5.74, 6) is -1.67. The number of fused-ring (bicyclic) bond motifs is 1. The number of amides is 1. The average molecular weight is 412 g/mol. The van der Waals surface area contributed by atoms with Crippen molar-refractivity contribution >= 4 is 11.6 Å². The normalized spacial score (nSPS) is 24.9. The molecule has 1 aliphatic carbocycles. The summed E-state index contributed by atoms with van der Waals surface area (Å²) in [6, 6.07) is 5.53. The Morgan fingerprint density at radius 1 is 1.34 bits per heavy atom. The molecule has 0 radical (unpaired) electrons. The van der Waals surface area contributed by atoms with Crippen LogP contribution < -0.4 is 4.74 Å². The highest BCUT2D eigenvalue weighted by Gasteiger charge is 2.68. The van der Waals surface area contributed by atoms with Gasteiger partial charge in [0, 0.05) is 5.71 Å². The molecule has 1 aliphatic heterocycles. The maximum atomic E-state index is 13.9. The number of alkyl halides is 3. The first-order valence-electron chi connectivity index (χ1n) is 9.98. The van der Waals surface area contributed by atoms with E-state index in [1.165, 1.54) is 0 Å². The number of hydrazone groups is 1. The number of rotatable bonds is 4. The zero-order valence-corrected chi connectivity index (χ0v) is 16.9. The van der Waals surface area contributed by atoms with Crippen molar-refractivity contribution in [2.24, 2.45) is 11.0 Å². The Hall–Kier alpha value is -2.09. The van der Waals surface area contributed by atoms with Crippen molar-refractivity contribution < 1.29 is 27.8 Å². The van der Waals surface area contributed by atoms with Gasteiger partial charge in [-0.2, -0.15) is 23.3 Å². The summed E-state index contributed by atoms with van der Waals surface area (Å²) in [7, 11) is 0. The molecule has 1 aromatic carbocycles. The minimum atomic E-state index is -5.02. The lowest BCUT2D eigenvalue weighted by Gasteiger charge is -2.37. The number of carbonyl (C=O) groups excluding carboxylic acids is 1. The fraction of sp³-hybridized carbons (Fsp3) is 0.619. The first-order valence-corrected chi connectivity index (χ1v) is 9.98. The van der Waals surface area contributed by atoms with Crippen LogP contribution in [-0.2, 0) is 4.79 Å². The minimum absolute atomic E-state index is 0.117. The third-order valence-electron chi connectivity index (χ3n) is 5.66. The van der Waals surface area contributed by atoms with E-state index in [0.717, 1.165) is 17.5 Å². The van der Waals surface area contributed by atoms with Gasteiger partial charge in [0.25, 0.3) is 11.6 Å². The molecule has 0 spiro atoms. The van der Waals surface area contributed by atoms with Crippen LogP contribution in [0.25, 0.3) is 0 Å². The topological polar surface area (TPSA) is 62.1 Å². The van der Waals surface area contributed by atoms with Gasteiger partial charge in [-0.1, -0.05) is 38.8 Å². The monoisotopic (exact) mass is 412 g/mol. The van der Waals surface area contributed by atoms with Crippen LogP contribution in [0.3, 0.4) is 0 Å². The van der Waals surface area contributed by atoms with Gasteiger partial charge < -0.3 is 9.84 Å². The van der Waals surface area contributed by atoms with Crippen LogP contribution in [0, 0.1) is 12.8 Å². The number of carbonyl (C=O) groups is 1. The fourth-order valence-corrected chi connectivity index (χ4v) is 4.09. The second kappa shape index (κ2) is 7.97. The van der Waals surface area contributed by atoms with Gasteiger partial charge in [-0.3, -0.25) is 4.79 Å². The Morgan fingerprint density at radius 2 is 2.07 bits per heavy atom. The molecule has 2 atom stereocenters. The fourth-order valence-electron chi connectivity index (χ4n) is 4.09. The van der Waals surface area contributed by atoms with E-state index in [4.69, 9.17) is 4.74 Å². The number of hydrogen-bond acceptors (Lipinski definition) is 4. The summed E-state index contributed by atoms with van der Waals surface area (Å²) in [6.07, 6.45) is -2.48. The lowest BCUT2D eigenvalue weighted by atomic mass is 9.87. The Morgan fingerprint density at radius 3 is 2.72 bits per heavy atom. The summed E-state index contributed by atoms with van der Waals surface area (Å²) in [6.45, 7) is 5.15.